The van der Waals surface area contributed by atoms with Crippen LogP contribution in [0.4, 0.5) is 0 Å². The van der Waals surface area contributed by atoms with Gasteiger partial charge in [-0.1, -0.05) is 42.5 Å². The predicted octanol–water partition coefficient (Wildman–Crippen LogP) is 5.06. The maximum Gasteiger partial charge on any atom is 0.153 e. The smallest absolute Gasteiger partial charge is 0.153 e. The first-order chi connectivity index (χ1) is 12.2. The maximum absolute atomic E-state index is 11.6. The molecule has 0 aliphatic rings. The highest BCUT2D eigenvalue weighted by molar-refractivity contribution is 5.84. The molecule has 0 N–H and O–H groups in total. The quantitative estimate of drug-likeness (QED) is 0.592. The number of aldehydes is 1. The van der Waals surface area contributed by atoms with Gasteiger partial charge in [0.1, 0.15) is 18.1 Å². The van der Waals surface area contributed by atoms with Gasteiger partial charge < -0.3 is 9.47 Å². The van der Waals surface area contributed by atoms with Gasteiger partial charge in [-0.3, -0.25) is 4.79 Å². The number of hydrogen-bond acceptors (Lipinski definition) is 3. The topological polar surface area (TPSA) is 35.5 Å². The van der Waals surface area contributed by atoms with Crippen molar-refractivity contribution < 1.29 is 14.3 Å². The van der Waals surface area contributed by atoms with Crippen molar-refractivity contribution in [2.75, 3.05) is 7.11 Å². The third-order valence-electron chi connectivity index (χ3n) is 4.08. The molecule has 126 valence electrons. The zero-order valence-corrected chi connectivity index (χ0v) is 14.4. The number of ether oxygens (including phenoxy) is 2. The lowest BCUT2D eigenvalue weighted by Gasteiger charge is -2.14. The maximum atomic E-state index is 11.6. The molecule has 3 heteroatoms. The lowest BCUT2D eigenvalue weighted by molar-refractivity contribution is 0.111. The van der Waals surface area contributed by atoms with Gasteiger partial charge in [0.15, 0.2) is 6.29 Å². The predicted molar refractivity (Wildman–Crippen MR) is 99.3 cm³/mol. The van der Waals surface area contributed by atoms with Gasteiger partial charge in [0.05, 0.1) is 12.7 Å². The van der Waals surface area contributed by atoms with Crippen molar-refractivity contribution in [3.05, 3.63) is 83.4 Å². The van der Waals surface area contributed by atoms with Crippen molar-refractivity contribution in [1.29, 1.82) is 0 Å². The van der Waals surface area contributed by atoms with E-state index in [0.29, 0.717) is 17.9 Å². The number of rotatable bonds is 6. The molecule has 0 radical (unpaired) electrons. The molecule has 0 unspecified atom stereocenters. The molecule has 0 amide bonds. The molecule has 0 aliphatic heterocycles. The van der Waals surface area contributed by atoms with Crippen LogP contribution in [-0.2, 0) is 6.61 Å². The first kappa shape index (κ1) is 16.8. The second-order valence-corrected chi connectivity index (χ2v) is 5.83. The Kier molecular flexibility index (Phi) is 5.14. The highest BCUT2D eigenvalue weighted by atomic mass is 16.5. The van der Waals surface area contributed by atoms with Gasteiger partial charge in [0.25, 0.3) is 0 Å². The van der Waals surface area contributed by atoms with Gasteiger partial charge in [-0.25, -0.2) is 0 Å². The van der Waals surface area contributed by atoms with E-state index in [4.69, 9.17) is 9.47 Å². The van der Waals surface area contributed by atoms with Crippen molar-refractivity contribution in [3.8, 4) is 22.6 Å². The summed E-state index contributed by atoms with van der Waals surface area (Å²) in [6.45, 7) is 2.39. The van der Waals surface area contributed by atoms with Gasteiger partial charge >= 0.3 is 0 Å². The Hall–Kier alpha value is -3.07. The van der Waals surface area contributed by atoms with E-state index in [0.717, 1.165) is 34.3 Å². The average Bonchev–Trinajstić information content (AvgIpc) is 2.67. The van der Waals surface area contributed by atoms with Gasteiger partial charge in [-0.05, 0) is 53.4 Å². The number of benzene rings is 3. The molecule has 3 aromatic carbocycles. The molecule has 0 heterocycles. The zero-order valence-electron chi connectivity index (χ0n) is 14.4. The SMILES string of the molecule is COc1ccc(-c2cc(C)c(OCc3ccccc3)c(C=O)c2)cc1. The lowest BCUT2D eigenvalue weighted by atomic mass is 9.99. The molecule has 0 saturated carbocycles. The van der Waals surface area contributed by atoms with Crippen LogP contribution in [0.2, 0.25) is 0 Å². The Bertz CT molecular complexity index is 852. The summed E-state index contributed by atoms with van der Waals surface area (Å²) in [5.41, 5.74) is 4.57. The second-order valence-electron chi connectivity index (χ2n) is 5.83. The molecular weight excluding hydrogens is 312 g/mol. The van der Waals surface area contributed by atoms with E-state index in [2.05, 4.69) is 0 Å². The van der Waals surface area contributed by atoms with E-state index in [-0.39, 0.29) is 0 Å². The molecule has 0 bridgehead atoms. The number of carbonyl (C=O) groups excluding carboxylic acids is 1. The molecular formula is C22H20O3. The third-order valence-corrected chi connectivity index (χ3v) is 4.08. The van der Waals surface area contributed by atoms with Crippen LogP contribution in [0.5, 0.6) is 11.5 Å². The molecule has 0 fully saturated rings. The lowest BCUT2D eigenvalue weighted by Crippen LogP contribution is -2.01. The fraction of sp³-hybridized carbons (Fsp3) is 0.136. The largest absolute Gasteiger partial charge is 0.497 e. The van der Waals surface area contributed by atoms with Crippen LogP contribution in [0.15, 0.2) is 66.7 Å². The molecule has 3 rings (SSSR count). The van der Waals surface area contributed by atoms with E-state index in [1.807, 2.05) is 73.7 Å². The summed E-state index contributed by atoms with van der Waals surface area (Å²) in [4.78, 5) is 11.6. The molecule has 0 aliphatic carbocycles. The average molecular weight is 332 g/mol. The Morgan fingerprint density at radius 3 is 2.28 bits per heavy atom. The van der Waals surface area contributed by atoms with Crippen LogP contribution in [0.3, 0.4) is 0 Å². The first-order valence-electron chi connectivity index (χ1n) is 8.12. The molecule has 0 atom stereocenters. The van der Waals surface area contributed by atoms with Gasteiger partial charge in [0, 0.05) is 0 Å². The van der Waals surface area contributed by atoms with Crippen molar-refractivity contribution in [3.63, 3.8) is 0 Å². The summed E-state index contributed by atoms with van der Waals surface area (Å²) in [5.74, 6) is 1.44. The molecule has 3 aromatic rings. The van der Waals surface area contributed by atoms with Crippen LogP contribution >= 0.6 is 0 Å². The summed E-state index contributed by atoms with van der Waals surface area (Å²) >= 11 is 0. The van der Waals surface area contributed by atoms with Crippen LogP contribution < -0.4 is 9.47 Å². The summed E-state index contributed by atoms with van der Waals surface area (Å²) in [5, 5.41) is 0. The van der Waals surface area contributed by atoms with E-state index in [1.54, 1.807) is 7.11 Å². The molecule has 0 aromatic heterocycles. The number of aryl methyl sites for hydroxylation is 1. The Morgan fingerprint density at radius 1 is 0.920 bits per heavy atom. The van der Waals surface area contributed by atoms with E-state index in [9.17, 15) is 4.79 Å². The van der Waals surface area contributed by atoms with Crippen LogP contribution in [0.25, 0.3) is 11.1 Å². The van der Waals surface area contributed by atoms with E-state index < -0.39 is 0 Å². The minimum absolute atomic E-state index is 0.435. The minimum atomic E-state index is 0.435. The second kappa shape index (κ2) is 7.67. The normalized spacial score (nSPS) is 10.3. The standard InChI is InChI=1S/C22H20O3/c1-16-12-19(18-8-10-21(24-2)11-9-18)13-20(14-23)22(16)25-15-17-6-4-3-5-7-17/h3-14H,15H2,1-2H3. The van der Waals surface area contributed by atoms with Crippen molar-refractivity contribution in [1.82, 2.24) is 0 Å². The van der Waals surface area contributed by atoms with Gasteiger partial charge in [0.2, 0.25) is 0 Å². The number of methoxy groups -OCH3 is 1. The summed E-state index contributed by atoms with van der Waals surface area (Å²) < 4.78 is 11.1. The summed E-state index contributed by atoms with van der Waals surface area (Å²) in [6, 6.07) is 21.6. The third kappa shape index (κ3) is 3.89. The van der Waals surface area contributed by atoms with E-state index >= 15 is 0 Å². The number of hydrogen-bond donors (Lipinski definition) is 0. The molecule has 0 saturated heterocycles. The minimum Gasteiger partial charge on any atom is -0.497 e. The molecule has 25 heavy (non-hydrogen) atoms. The van der Waals surface area contributed by atoms with Crippen LogP contribution in [-0.4, -0.2) is 13.4 Å². The van der Waals surface area contributed by atoms with Crippen molar-refractivity contribution in [2.24, 2.45) is 0 Å². The summed E-state index contributed by atoms with van der Waals surface area (Å²) in [6.07, 6.45) is 0.848. The fourth-order valence-corrected chi connectivity index (χ4v) is 2.77. The molecule has 3 nitrogen and oxygen atoms in total. The van der Waals surface area contributed by atoms with Crippen LogP contribution in [0.1, 0.15) is 21.5 Å². The van der Waals surface area contributed by atoms with Crippen LogP contribution in [0, 0.1) is 6.92 Å². The highest BCUT2D eigenvalue weighted by Crippen LogP contribution is 2.31. The number of carbonyl (C=O) groups is 1. The summed E-state index contributed by atoms with van der Waals surface area (Å²) in [7, 11) is 1.64. The van der Waals surface area contributed by atoms with Crippen molar-refractivity contribution >= 4 is 6.29 Å². The van der Waals surface area contributed by atoms with Gasteiger partial charge in [-0.15, -0.1) is 0 Å². The van der Waals surface area contributed by atoms with E-state index in [1.165, 1.54) is 0 Å². The Balaban J connectivity index is 1.88. The Labute approximate surface area is 147 Å². The molecule has 0 spiro atoms. The highest BCUT2D eigenvalue weighted by Gasteiger charge is 2.11. The zero-order chi connectivity index (χ0) is 17.6. The first-order valence-corrected chi connectivity index (χ1v) is 8.12. The fourth-order valence-electron chi connectivity index (χ4n) is 2.77. The van der Waals surface area contributed by atoms with Crippen molar-refractivity contribution in [2.45, 2.75) is 13.5 Å². The Morgan fingerprint density at radius 2 is 1.64 bits per heavy atom. The van der Waals surface area contributed by atoms with Gasteiger partial charge in [-0.2, -0.15) is 0 Å². The monoisotopic (exact) mass is 332 g/mol.